The molecule has 162 valence electrons. The molecule has 2 aliphatic rings. The average Bonchev–Trinajstić information content (AvgIpc) is 2.83. The Hall–Kier alpha value is -3.26. The summed E-state index contributed by atoms with van der Waals surface area (Å²) in [6, 6.07) is 7.41. The number of carbonyl (C=O) groups is 2. The van der Waals surface area contributed by atoms with Gasteiger partial charge in [0, 0.05) is 62.3 Å². The number of anilines is 2. The van der Waals surface area contributed by atoms with Crippen LogP contribution in [0, 0.1) is 0 Å². The molecule has 0 unspecified atom stereocenters. The molecule has 0 saturated carbocycles. The molecule has 1 aromatic heterocycles. The fourth-order valence-electron chi connectivity index (χ4n) is 3.85. The zero-order valence-electron chi connectivity index (χ0n) is 17.6. The van der Waals surface area contributed by atoms with Crippen LogP contribution in [-0.4, -0.2) is 49.2 Å². The van der Waals surface area contributed by atoms with Gasteiger partial charge < -0.3 is 15.4 Å². The number of carbonyl (C=O) groups excluding carboxylic acids is 2. The van der Waals surface area contributed by atoms with E-state index in [1.165, 1.54) is 0 Å². The second-order valence-electron chi connectivity index (χ2n) is 7.64. The number of aromatic nitrogens is 1. The smallest absolute Gasteiger partial charge is 0.255 e. The van der Waals surface area contributed by atoms with Crippen molar-refractivity contribution < 1.29 is 14.3 Å². The molecule has 4 rings (SSSR count). The van der Waals surface area contributed by atoms with Gasteiger partial charge in [0.15, 0.2) is 5.82 Å². The van der Waals surface area contributed by atoms with E-state index >= 15 is 0 Å². The van der Waals surface area contributed by atoms with E-state index in [4.69, 9.17) is 4.74 Å². The first-order valence-electron chi connectivity index (χ1n) is 10.7. The number of nitrogens with one attached hydrogen (secondary N) is 2. The molecule has 0 spiro atoms. The summed E-state index contributed by atoms with van der Waals surface area (Å²) >= 11 is 0. The number of hydrogen-bond donors (Lipinski definition) is 2. The van der Waals surface area contributed by atoms with Crippen molar-refractivity contribution in [2.24, 2.45) is 5.10 Å². The SMILES string of the molecule is CCN1N=CCc2c1ncc(C(=O)NCc1ccc(C=O)cc1)c2NC1CCOCC1. The Morgan fingerprint density at radius 3 is 2.74 bits per heavy atom. The quantitative estimate of drug-likeness (QED) is 0.668. The van der Waals surface area contributed by atoms with Crippen LogP contribution in [0.25, 0.3) is 0 Å². The number of amides is 1. The first-order chi connectivity index (χ1) is 15.2. The van der Waals surface area contributed by atoms with Crippen LogP contribution in [0.2, 0.25) is 0 Å². The Morgan fingerprint density at radius 1 is 1.26 bits per heavy atom. The number of ether oxygens (including phenoxy) is 1. The molecule has 8 heteroatoms. The van der Waals surface area contributed by atoms with Gasteiger partial charge in [-0.25, -0.2) is 9.99 Å². The Morgan fingerprint density at radius 2 is 2.03 bits per heavy atom. The van der Waals surface area contributed by atoms with Crippen molar-refractivity contribution in [3.05, 3.63) is 52.7 Å². The second-order valence-corrected chi connectivity index (χ2v) is 7.64. The zero-order chi connectivity index (χ0) is 21.6. The van der Waals surface area contributed by atoms with Gasteiger partial charge in [-0.2, -0.15) is 5.10 Å². The summed E-state index contributed by atoms with van der Waals surface area (Å²) in [7, 11) is 0. The summed E-state index contributed by atoms with van der Waals surface area (Å²) in [6.45, 7) is 4.53. The number of nitrogens with zero attached hydrogens (tertiary/aromatic N) is 3. The molecule has 31 heavy (non-hydrogen) atoms. The van der Waals surface area contributed by atoms with Gasteiger partial charge in [-0.05, 0) is 25.3 Å². The highest BCUT2D eigenvalue weighted by Gasteiger charge is 2.26. The summed E-state index contributed by atoms with van der Waals surface area (Å²) < 4.78 is 5.48. The predicted octanol–water partition coefficient (Wildman–Crippen LogP) is 2.78. The van der Waals surface area contributed by atoms with E-state index in [0.29, 0.717) is 43.9 Å². The maximum atomic E-state index is 13.1. The summed E-state index contributed by atoms with van der Waals surface area (Å²) in [6.07, 6.45) is 6.71. The molecule has 2 aliphatic heterocycles. The van der Waals surface area contributed by atoms with Crippen molar-refractivity contribution >= 4 is 29.9 Å². The van der Waals surface area contributed by atoms with Gasteiger partial charge in [-0.15, -0.1) is 0 Å². The van der Waals surface area contributed by atoms with Crippen molar-refractivity contribution in [2.75, 3.05) is 30.1 Å². The molecule has 8 nitrogen and oxygen atoms in total. The minimum absolute atomic E-state index is 0.185. The van der Waals surface area contributed by atoms with Crippen LogP contribution in [0.5, 0.6) is 0 Å². The Balaban J connectivity index is 1.59. The number of hydrogen-bond acceptors (Lipinski definition) is 7. The largest absolute Gasteiger partial charge is 0.381 e. The highest BCUT2D eigenvalue weighted by atomic mass is 16.5. The lowest BCUT2D eigenvalue weighted by atomic mass is 10.0. The van der Waals surface area contributed by atoms with Crippen molar-refractivity contribution in [3.63, 3.8) is 0 Å². The number of hydrazone groups is 1. The second kappa shape index (κ2) is 9.70. The standard InChI is InChI=1S/C23H27N5O3/c1-2-28-22-19(7-10-26-28)21(27-18-8-11-31-12-9-18)20(14-24-22)23(30)25-13-16-3-5-17(15-29)6-4-16/h3-6,10,14-15,18H,2,7-9,11-13H2,1H3,(H,24,27)(H,25,30). The van der Waals surface area contributed by atoms with E-state index < -0.39 is 0 Å². The van der Waals surface area contributed by atoms with Gasteiger partial charge in [0.2, 0.25) is 0 Å². The normalized spacial score (nSPS) is 16.0. The maximum absolute atomic E-state index is 13.1. The molecular weight excluding hydrogens is 394 g/mol. The predicted molar refractivity (Wildman–Crippen MR) is 120 cm³/mol. The van der Waals surface area contributed by atoms with Crippen molar-refractivity contribution in [1.82, 2.24) is 10.3 Å². The van der Waals surface area contributed by atoms with Crippen molar-refractivity contribution in [1.29, 1.82) is 0 Å². The monoisotopic (exact) mass is 421 g/mol. The number of aldehydes is 1. The molecule has 1 amide bonds. The molecule has 1 saturated heterocycles. The van der Waals surface area contributed by atoms with Gasteiger partial charge in [-0.1, -0.05) is 24.3 Å². The molecule has 1 fully saturated rings. The Bertz CT molecular complexity index is 968. The highest BCUT2D eigenvalue weighted by Crippen LogP contribution is 2.33. The number of rotatable bonds is 7. The topological polar surface area (TPSA) is 95.9 Å². The van der Waals surface area contributed by atoms with E-state index in [1.54, 1.807) is 18.3 Å². The van der Waals surface area contributed by atoms with Gasteiger partial charge in [0.1, 0.15) is 6.29 Å². The fraction of sp³-hybridized carbons (Fsp3) is 0.391. The molecule has 3 heterocycles. The van der Waals surface area contributed by atoms with Crippen LogP contribution in [0.3, 0.4) is 0 Å². The van der Waals surface area contributed by atoms with Crippen molar-refractivity contribution in [2.45, 2.75) is 38.8 Å². The molecule has 1 aromatic carbocycles. The van der Waals surface area contributed by atoms with Crippen LogP contribution in [0.1, 0.15) is 51.6 Å². The average molecular weight is 422 g/mol. The van der Waals surface area contributed by atoms with E-state index in [2.05, 4.69) is 20.7 Å². The molecule has 0 aliphatic carbocycles. The van der Waals surface area contributed by atoms with Crippen LogP contribution < -0.4 is 15.6 Å². The van der Waals surface area contributed by atoms with Gasteiger partial charge in [-0.3, -0.25) is 9.59 Å². The summed E-state index contributed by atoms with van der Waals surface area (Å²) in [5.74, 6) is 0.607. The highest BCUT2D eigenvalue weighted by molar-refractivity contribution is 6.01. The van der Waals surface area contributed by atoms with E-state index in [0.717, 1.165) is 41.8 Å². The van der Waals surface area contributed by atoms with E-state index in [1.807, 2.05) is 30.3 Å². The molecule has 0 atom stereocenters. The van der Waals surface area contributed by atoms with Crippen LogP contribution >= 0.6 is 0 Å². The molecule has 2 aromatic rings. The molecule has 0 radical (unpaired) electrons. The van der Waals surface area contributed by atoms with E-state index in [9.17, 15) is 9.59 Å². The lowest BCUT2D eigenvalue weighted by molar-refractivity contribution is 0.0903. The number of benzene rings is 1. The van der Waals surface area contributed by atoms with Gasteiger partial charge in [0.05, 0.1) is 11.3 Å². The number of fused-ring (bicyclic) bond motifs is 1. The first kappa shape index (κ1) is 21.0. The van der Waals surface area contributed by atoms with Gasteiger partial charge >= 0.3 is 0 Å². The molecule has 0 bridgehead atoms. The number of pyridine rings is 1. The Labute approximate surface area is 181 Å². The lowest BCUT2D eigenvalue weighted by Gasteiger charge is -2.30. The first-order valence-corrected chi connectivity index (χ1v) is 10.7. The van der Waals surface area contributed by atoms with Crippen molar-refractivity contribution in [3.8, 4) is 0 Å². The fourth-order valence-corrected chi connectivity index (χ4v) is 3.85. The van der Waals surface area contributed by atoms with Crippen LogP contribution in [0.4, 0.5) is 11.5 Å². The molecular formula is C23H27N5O3. The van der Waals surface area contributed by atoms with E-state index in [-0.39, 0.29) is 11.9 Å². The van der Waals surface area contributed by atoms with Crippen LogP contribution in [-0.2, 0) is 17.7 Å². The summed E-state index contributed by atoms with van der Waals surface area (Å²) in [5.41, 5.74) is 3.88. The maximum Gasteiger partial charge on any atom is 0.255 e. The third-order valence-corrected chi connectivity index (χ3v) is 5.60. The minimum atomic E-state index is -0.185. The lowest BCUT2D eigenvalue weighted by Crippen LogP contribution is -2.32. The van der Waals surface area contributed by atoms with Crippen LogP contribution in [0.15, 0.2) is 35.6 Å². The summed E-state index contributed by atoms with van der Waals surface area (Å²) in [4.78, 5) is 28.5. The summed E-state index contributed by atoms with van der Waals surface area (Å²) in [5, 5.41) is 12.9. The minimum Gasteiger partial charge on any atom is -0.381 e. The zero-order valence-corrected chi connectivity index (χ0v) is 17.6. The molecule has 2 N–H and O–H groups in total. The Kier molecular flexibility index (Phi) is 6.57. The third kappa shape index (κ3) is 4.74. The third-order valence-electron chi connectivity index (χ3n) is 5.60. The van der Waals surface area contributed by atoms with Gasteiger partial charge in [0.25, 0.3) is 5.91 Å².